The average Bonchev–Trinajstić information content (AvgIpc) is 3.18. The van der Waals surface area contributed by atoms with E-state index in [1.807, 2.05) is 0 Å². The first-order valence-electron chi connectivity index (χ1n) is 16.9. The fourth-order valence-electron chi connectivity index (χ4n) is 8.02. The average molecular weight is 622 g/mol. The zero-order valence-electron chi connectivity index (χ0n) is 26.8. The number of hydrogen-bond donors (Lipinski definition) is 0. The fourth-order valence-corrected chi connectivity index (χ4v) is 8.02. The number of hydrogen-bond acceptors (Lipinski definition) is 1. The third-order valence-electron chi connectivity index (χ3n) is 10.1. The smallest absolute Gasteiger partial charge is 0.0618 e. The van der Waals surface area contributed by atoms with Crippen LogP contribution in [0.1, 0.15) is 0 Å². The molecule has 49 heavy (non-hydrogen) atoms. The van der Waals surface area contributed by atoms with Crippen LogP contribution in [0.2, 0.25) is 0 Å². The summed E-state index contributed by atoms with van der Waals surface area (Å²) in [6.07, 6.45) is 0. The number of fused-ring (bicyclic) bond motifs is 9. The molecule has 0 aliphatic carbocycles. The number of rotatable bonds is 4. The molecule has 10 aromatic carbocycles. The third-order valence-corrected chi connectivity index (χ3v) is 10.1. The van der Waals surface area contributed by atoms with Gasteiger partial charge in [0.1, 0.15) is 0 Å². The van der Waals surface area contributed by atoms with Crippen molar-refractivity contribution in [3.8, 4) is 11.1 Å². The van der Waals surface area contributed by atoms with Crippen molar-refractivity contribution in [2.24, 2.45) is 0 Å². The highest BCUT2D eigenvalue weighted by Crippen LogP contribution is 2.48. The lowest BCUT2D eigenvalue weighted by Gasteiger charge is -2.29. The number of para-hydroxylation sites is 2. The van der Waals surface area contributed by atoms with Gasteiger partial charge in [0.25, 0.3) is 0 Å². The second kappa shape index (κ2) is 11.1. The normalized spacial score (nSPS) is 11.7. The van der Waals surface area contributed by atoms with Gasteiger partial charge < -0.3 is 4.90 Å². The van der Waals surface area contributed by atoms with Gasteiger partial charge in [0.05, 0.1) is 5.69 Å². The largest absolute Gasteiger partial charge is 0.309 e. The van der Waals surface area contributed by atoms with Crippen molar-refractivity contribution in [3.05, 3.63) is 188 Å². The van der Waals surface area contributed by atoms with Crippen LogP contribution in [0, 0.1) is 0 Å². The minimum atomic E-state index is 1.13. The Kier molecular flexibility index (Phi) is 6.25. The molecule has 0 radical (unpaired) electrons. The van der Waals surface area contributed by atoms with Gasteiger partial charge >= 0.3 is 0 Å². The summed E-state index contributed by atoms with van der Waals surface area (Å²) in [6, 6.07) is 68.7. The molecule has 0 fully saturated rings. The monoisotopic (exact) mass is 621 g/mol. The van der Waals surface area contributed by atoms with Crippen molar-refractivity contribution in [3.63, 3.8) is 0 Å². The Morgan fingerprint density at radius 1 is 0.265 bits per heavy atom. The molecular formula is C48H31N. The number of benzene rings is 10. The van der Waals surface area contributed by atoms with Gasteiger partial charge in [-0.05, 0) is 107 Å². The molecule has 0 aliphatic rings. The van der Waals surface area contributed by atoms with Gasteiger partial charge in [-0.1, -0.05) is 146 Å². The second-order valence-electron chi connectivity index (χ2n) is 12.9. The van der Waals surface area contributed by atoms with E-state index in [0.717, 1.165) is 11.4 Å². The number of anilines is 3. The minimum absolute atomic E-state index is 1.13. The molecule has 1 heteroatoms. The van der Waals surface area contributed by atoms with Gasteiger partial charge in [-0.25, -0.2) is 0 Å². The lowest BCUT2D eigenvalue weighted by Crippen LogP contribution is -2.11. The molecule has 10 aromatic rings. The van der Waals surface area contributed by atoms with E-state index in [9.17, 15) is 0 Å². The van der Waals surface area contributed by atoms with E-state index in [1.165, 1.54) is 81.4 Å². The summed E-state index contributed by atoms with van der Waals surface area (Å²) in [5.41, 5.74) is 5.95. The molecule has 0 unspecified atom stereocenters. The Morgan fingerprint density at radius 2 is 0.653 bits per heavy atom. The quantitative estimate of drug-likeness (QED) is 0.140. The lowest BCUT2D eigenvalue weighted by molar-refractivity contribution is 1.31. The maximum Gasteiger partial charge on any atom is 0.0618 e. The van der Waals surface area contributed by atoms with Gasteiger partial charge in [-0.15, -0.1) is 0 Å². The maximum atomic E-state index is 2.41. The molecule has 0 saturated carbocycles. The van der Waals surface area contributed by atoms with Gasteiger partial charge in [0.15, 0.2) is 0 Å². The predicted octanol–water partition coefficient (Wildman–Crippen LogP) is 13.7. The van der Waals surface area contributed by atoms with Gasteiger partial charge in [0, 0.05) is 22.1 Å². The van der Waals surface area contributed by atoms with Crippen LogP contribution in [-0.4, -0.2) is 0 Å². The van der Waals surface area contributed by atoms with E-state index in [0.29, 0.717) is 0 Å². The molecule has 228 valence electrons. The standard InChI is InChI=1S/C48H31N/c1-3-15-35(16-4-1)49(36-17-5-2-6-18-36)48-43-25-13-11-23-41(43)47(42-24-12-14-26-44(42)48)33-28-27-32-30-45-39-21-9-7-19-37(39)38-20-8-10-22-40(38)46(45)31-34(32)29-33/h1-31H. The molecule has 0 saturated heterocycles. The van der Waals surface area contributed by atoms with Crippen molar-refractivity contribution in [2.75, 3.05) is 4.90 Å². The van der Waals surface area contributed by atoms with Crippen LogP contribution < -0.4 is 4.90 Å². The molecule has 0 aliphatic heterocycles. The van der Waals surface area contributed by atoms with Crippen LogP contribution in [0.5, 0.6) is 0 Å². The Bertz CT molecular complexity index is 2770. The molecule has 1 nitrogen and oxygen atoms in total. The SMILES string of the molecule is c1ccc(N(c2ccccc2)c2c3ccccc3c(-c3ccc4cc5c6ccccc6c6ccccc6c5cc4c3)c3ccccc23)cc1. The van der Waals surface area contributed by atoms with E-state index in [4.69, 9.17) is 0 Å². The first-order chi connectivity index (χ1) is 24.3. The molecule has 0 amide bonds. The predicted molar refractivity (Wildman–Crippen MR) is 212 cm³/mol. The van der Waals surface area contributed by atoms with Crippen molar-refractivity contribution in [2.45, 2.75) is 0 Å². The molecular weight excluding hydrogens is 591 g/mol. The van der Waals surface area contributed by atoms with Crippen LogP contribution in [0.15, 0.2) is 188 Å². The fraction of sp³-hybridized carbons (Fsp3) is 0. The van der Waals surface area contributed by atoms with E-state index < -0.39 is 0 Å². The third kappa shape index (κ3) is 4.33. The Balaban J connectivity index is 1.27. The van der Waals surface area contributed by atoms with E-state index in [2.05, 4.69) is 193 Å². The van der Waals surface area contributed by atoms with Crippen molar-refractivity contribution in [1.29, 1.82) is 0 Å². The molecule has 0 spiro atoms. The lowest BCUT2D eigenvalue weighted by atomic mass is 9.88. The summed E-state index contributed by atoms with van der Waals surface area (Å²) >= 11 is 0. The zero-order chi connectivity index (χ0) is 32.3. The van der Waals surface area contributed by atoms with E-state index in [-0.39, 0.29) is 0 Å². The molecule has 0 heterocycles. The van der Waals surface area contributed by atoms with E-state index >= 15 is 0 Å². The first-order valence-corrected chi connectivity index (χ1v) is 16.9. The maximum absolute atomic E-state index is 2.41. The summed E-state index contributed by atoms with van der Waals surface area (Å²) in [5.74, 6) is 0. The van der Waals surface area contributed by atoms with Crippen LogP contribution in [0.4, 0.5) is 17.1 Å². The summed E-state index contributed by atoms with van der Waals surface area (Å²) in [4.78, 5) is 2.41. The minimum Gasteiger partial charge on any atom is -0.309 e. The first kappa shape index (κ1) is 27.7. The van der Waals surface area contributed by atoms with Crippen LogP contribution >= 0.6 is 0 Å². The van der Waals surface area contributed by atoms with Crippen LogP contribution in [0.3, 0.4) is 0 Å². The van der Waals surface area contributed by atoms with Crippen LogP contribution in [-0.2, 0) is 0 Å². The van der Waals surface area contributed by atoms with Crippen molar-refractivity contribution < 1.29 is 0 Å². The highest BCUT2D eigenvalue weighted by atomic mass is 15.1. The summed E-state index contributed by atoms with van der Waals surface area (Å²) in [6.45, 7) is 0. The van der Waals surface area contributed by atoms with E-state index in [1.54, 1.807) is 0 Å². The van der Waals surface area contributed by atoms with Gasteiger partial charge in [-0.3, -0.25) is 0 Å². The molecule has 0 atom stereocenters. The Morgan fingerprint density at radius 3 is 1.14 bits per heavy atom. The summed E-state index contributed by atoms with van der Waals surface area (Å²) in [7, 11) is 0. The molecule has 0 bridgehead atoms. The van der Waals surface area contributed by atoms with Gasteiger partial charge in [-0.2, -0.15) is 0 Å². The second-order valence-corrected chi connectivity index (χ2v) is 12.9. The summed E-state index contributed by atoms with van der Waals surface area (Å²) < 4.78 is 0. The molecule has 0 N–H and O–H groups in total. The summed E-state index contributed by atoms with van der Waals surface area (Å²) in [5, 5.41) is 15.2. The topological polar surface area (TPSA) is 3.24 Å². The highest BCUT2D eigenvalue weighted by Gasteiger charge is 2.22. The Labute approximate surface area is 284 Å². The van der Waals surface area contributed by atoms with Crippen molar-refractivity contribution >= 4 is 81.7 Å². The zero-order valence-corrected chi connectivity index (χ0v) is 26.8. The number of nitrogens with zero attached hydrogens (tertiary/aromatic N) is 1. The van der Waals surface area contributed by atoms with Crippen LogP contribution in [0.25, 0.3) is 75.8 Å². The van der Waals surface area contributed by atoms with Gasteiger partial charge in [0.2, 0.25) is 0 Å². The molecule has 0 aromatic heterocycles. The van der Waals surface area contributed by atoms with Crippen molar-refractivity contribution in [1.82, 2.24) is 0 Å². The highest BCUT2D eigenvalue weighted by molar-refractivity contribution is 6.28. The Hall–Kier alpha value is -6.44. The molecule has 10 rings (SSSR count).